The second-order valence-corrected chi connectivity index (χ2v) is 2.20. The Morgan fingerprint density at radius 1 is 1.38 bits per heavy atom. The molecular weight excluding hydrogens is 184 g/mol. The van der Waals surface area contributed by atoms with Gasteiger partial charge in [-0.25, -0.2) is 4.39 Å². The Morgan fingerprint density at radius 3 is 2.46 bits per heavy atom. The van der Waals surface area contributed by atoms with Crippen LogP contribution in [0.5, 0.6) is 5.75 Å². The first-order chi connectivity index (χ1) is 6.06. The molecule has 0 radical (unpaired) electrons. The molecule has 0 aliphatic carbocycles. The summed E-state index contributed by atoms with van der Waals surface area (Å²) in [5.74, 6) is -2.54. The number of hydrogen-bond donors (Lipinski definition) is 0. The lowest BCUT2D eigenvalue weighted by atomic mass is 10.3. The van der Waals surface area contributed by atoms with Crippen LogP contribution >= 0.6 is 0 Å². The summed E-state index contributed by atoms with van der Waals surface area (Å²) in [6.07, 6.45) is 0. The molecule has 0 saturated heterocycles. The summed E-state index contributed by atoms with van der Waals surface area (Å²) >= 11 is 0. The van der Waals surface area contributed by atoms with E-state index in [1.54, 1.807) is 0 Å². The summed E-state index contributed by atoms with van der Waals surface area (Å²) in [5.41, 5.74) is -0.807. The smallest absolute Gasteiger partial charge is 0.308 e. The minimum absolute atomic E-state index is 0.354. The number of nitro benzene ring substituents is 1. The lowest BCUT2D eigenvalue weighted by molar-refractivity contribution is -0.387. The van der Waals surface area contributed by atoms with Crippen LogP contribution in [-0.2, 0) is 0 Å². The van der Waals surface area contributed by atoms with Crippen LogP contribution in [-0.4, -0.2) is 12.0 Å². The second kappa shape index (κ2) is 3.34. The molecule has 0 fully saturated rings. The topological polar surface area (TPSA) is 52.4 Å². The van der Waals surface area contributed by atoms with Gasteiger partial charge in [0.15, 0.2) is 11.6 Å². The highest BCUT2D eigenvalue weighted by molar-refractivity contribution is 5.40. The fraction of sp³-hybridized carbons (Fsp3) is 0.143. The second-order valence-electron chi connectivity index (χ2n) is 2.20. The van der Waals surface area contributed by atoms with Gasteiger partial charge in [-0.2, -0.15) is 4.39 Å². The highest BCUT2D eigenvalue weighted by atomic mass is 19.1. The Hall–Kier alpha value is -1.72. The zero-order chi connectivity index (χ0) is 10.0. The summed E-state index contributed by atoms with van der Waals surface area (Å²) in [5, 5.41) is 10.2. The van der Waals surface area contributed by atoms with Crippen molar-refractivity contribution in [3.63, 3.8) is 0 Å². The lowest BCUT2D eigenvalue weighted by Gasteiger charge is -2.01. The number of rotatable bonds is 2. The van der Waals surface area contributed by atoms with E-state index in [1.807, 2.05) is 0 Å². The Morgan fingerprint density at radius 2 is 2.00 bits per heavy atom. The van der Waals surface area contributed by atoms with Crippen molar-refractivity contribution in [2.24, 2.45) is 0 Å². The minimum atomic E-state index is -1.22. The van der Waals surface area contributed by atoms with E-state index in [1.165, 1.54) is 0 Å². The quantitative estimate of drug-likeness (QED) is 0.527. The molecular formula is C7H5F2NO3. The van der Waals surface area contributed by atoms with Crippen LogP contribution in [0.25, 0.3) is 0 Å². The Balaban J connectivity index is 3.30. The molecule has 1 rings (SSSR count). The molecule has 70 valence electrons. The first-order valence-electron chi connectivity index (χ1n) is 3.23. The highest BCUT2D eigenvalue weighted by Crippen LogP contribution is 2.26. The molecule has 0 amide bonds. The van der Waals surface area contributed by atoms with Crippen molar-refractivity contribution in [3.05, 3.63) is 33.9 Å². The van der Waals surface area contributed by atoms with Gasteiger partial charge in [0.25, 0.3) is 0 Å². The van der Waals surface area contributed by atoms with E-state index < -0.39 is 22.2 Å². The maximum Gasteiger partial charge on any atom is 0.308 e. The van der Waals surface area contributed by atoms with Gasteiger partial charge in [-0.3, -0.25) is 10.1 Å². The first kappa shape index (κ1) is 9.37. The van der Waals surface area contributed by atoms with E-state index in [-0.39, 0.29) is 5.75 Å². The molecule has 0 heterocycles. The van der Waals surface area contributed by atoms with Gasteiger partial charge in [0.05, 0.1) is 18.1 Å². The number of nitro groups is 1. The predicted octanol–water partition coefficient (Wildman–Crippen LogP) is 1.88. The van der Waals surface area contributed by atoms with E-state index in [2.05, 4.69) is 4.74 Å². The van der Waals surface area contributed by atoms with Gasteiger partial charge in [0, 0.05) is 6.07 Å². The normalized spacial score (nSPS) is 9.77. The molecule has 0 unspecified atom stereocenters. The zero-order valence-electron chi connectivity index (χ0n) is 6.58. The Labute approximate surface area is 71.9 Å². The van der Waals surface area contributed by atoms with Gasteiger partial charge in [-0.15, -0.1) is 0 Å². The van der Waals surface area contributed by atoms with Gasteiger partial charge < -0.3 is 4.74 Å². The van der Waals surface area contributed by atoms with Gasteiger partial charge in [-0.05, 0) is 0 Å². The molecule has 0 aromatic heterocycles. The van der Waals surface area contributed by atoms with E-state index in [0.717, 1.165) is 7.11 Å². The minimum Gasteiger partial charge on any atom is -0.493 e. The number of halogens is 2. The average Bonchev–Trinajstić information content (AvgIpc) is 2.03. The summed E-state index contributed by atoms with van der Waals surface area (Å²) in [6, 6.07) is 1.11. The van der Waals surface area contributed by atoms with Crippen LogP contribution in [0.15, 0.2) is 12.1 Å². The van der Waals surface area contributed by atoms with Crippen molar-refractivity contribution in [1.82, 2.24) is 0 Å². The van der Waals surface area contributed by atoms with Crippen LogP contribution in [0.1, 0.15) is 0 Å². The van der Waals surface area contributed by atoms with E-state index in [0.29, 0.717) is 12.1 Å². The first-order valence-corrected chi connectivity index (χ1v) is 3.23. The van der Waals surface area contributed by atoms with Crippen LogP contribution in [0, 0.1) is 21.7 Å². The van der Waals surface area contributed by atoms with Gasteiger partial charge in [0.1, 0.15) is 0 Å². The van der Waals surface area contributed by atoms with E-state index in [4.69, 9.17) is 0 Å². The third-order valence-corrected chi connectivity index (χ3v) is 1.42. The van der Waals surface area contributed by atoms with Gasteiger partial charge in [0.2, 0.25) is 5.82 Å². The lowest BCUT2D eigenvalue weighted by Crippen LogP contribution is -1.96. The summed E-state index contributed by atoms with van der Waals surface area (Å²) < 4.78 is 29.8. The zero-order valence-corrected chi connectivity index (χ0v) is 6.58. The van der Waals surface area contributed by atoms with E-state index >= 15 is 0 Å². The maximum atomic E-state index is 12.7. The molecule has 4 nitrogen and oxygen atoms in total. The number of benzene rings is 1. The van der Waals surface area contributed by atoms with Crippen molar-refractivity contribution in [3.8, 4) is 5.75 Å². The monoisotopic (exact) mass is 189 g/mol. The highest BCUT2D eigenvalue weighted by Gasteiger charge is 2.18. The average molecular weight is 189 g/mol. The number of ether oxygens (including phenoxy) is 1. The van der Waals surface area contributed by atoms with Crippen LogP contribution in [0.4, 0.5) is 14.5 Å². The Bertz CT molecular complexity index is 354. The molecule has 0 N–H and O–H groups in total. The summed E-state index contributed by atoms with van der Waals surface area (Å²) in [6.45, 7) is 0. The van der Waals surface area contributed by atoms with Gasteiger partial charge >= 0.3 is 5.69 Å². The molecule has 0 saturated carbocycles. The summed E-state index contributed by atoms with van der Waals surface area (Å²) in [4.78, 5) is 9.24. The molecule has 0 bridgehead atoms. The fourth-order valence-electron chi connectivity index (χ4n) is 0.815. The molecule has 1 aromatic carbocycles. The molecule has 6 heteroatoms. The number of hydrogen-bond acceptors (Lipinski definition) is 3. The predicted molar refractivity (Wildman–Crippen MR) is 39.6 cm³/mol. The van der Waals surface area contributed by atoms with Crippen molar-refractivity contribution < 1.29 is 18.4 Å². The molecule has 0 aliphatic heterocycles. The van der Waals surface area contributed by atoms with Crippen molar-refractivity contribution in [1.29, 1.82) is 0 Å². The standard InChI is InChI=1S/C7H5F2NO3/c1-13-7-3-6(10(11)12)4(8)2-5(7)9/h2-3H,1H3. The summed E-state index contributed by atoms with van der Waals surface area (Å²) in [7, 11) is 1.14. The number of nitrogens with zero attached hydrogens (tertiary/aromatic N) is 1. The molecule has 0 atom stereocenters. The van der Waals surface area contributed by atoms with Crippen molar-refractivity contribution in [2.45, 2.75) is 0 Å². The van der Waals surface area contributed by atoms with Gasteiger partial charge in [-0.1, -0.05) is 0 Å². The van der Waals surface area contributed by atoms with Crippen molar-refractivity contribution >= 4 is 5.69 Å². The molecule has 0 spiro atoms. The molecule has 0 aliphatic rings. The Kier molecular flexibility index (Phi) is 2.41. The van der Waals surface area contributed by atoms with Crippen molar-refractivity contribution in [2.75, 3.05) is 7.11 Å². The third-order valence-electron chi connectivity index (χ3n) is 1.42. The largest absolute Gasteiger partial charge is 0.493 e. The maximum absolute atomic E-state index is 12.7. The molecule has 13 heavy (non-hydrogen) atoms. The fourth-order valence-corrected chi connectivity index (χ4v) is 0.815. The SMILES string of the molecule is COc1cc([N+](=O)[O-])c(F)cc1F. The van der Waals surface area contributed by atoms with Crippen LogP contribution in [0.3, 0.4) is 0 Å². The van der Waals surface area contributed by atoms with Crippen LogP contribution in [0.2, 0.25) is 0 Å². The van der Waals surface area contributed by atoms with E-state index in [9.17, 15) is 18.9 Å². The van der Waals surface area contributed by atoms with Crippen LogP contribution < -0.4 is 4.74 Å². The third kappa shape index (κ3) is 1.71. The molecule has 1 aromatic rings. The number of methoxy groups -OCH3 is 1.